The normalized spacial score (nSPS) is 16.9. The Hall–Kier alpha value is -3.08. The summed E-state index contributed by atoms with van der Waals surface area (Å²) in [6.07, 6.45) is 0.474. The summed E-state index contributed by atoms with van der Waals surface area (Å²) >= 11 is 0. The molecule has 1 aromatic rings. The van der Waals surface area contributed by atoms with E-state index in [4.69, 9.17) is 10.1 Å². The largest absolute Gasteiger partial charge is 0.527 e. The summed E-state index contributed by atoms with van der Waals surface area (Å²) in [6, 6.07) is 6.68. The second kappa shape index (κ2) is 6.79. The van der Waals surface area contributed by atoms with Gasteiger partial charge in [-0.05, 0) is 18.1 Å². The van der Waals surface area contributed by atoms with Crippen molar-refractivity contribution in [1.82, 2.24) is 0 Å². The first kappa shape index (κ1) is 16.3. The fourth-order valence-corrected chi connectivity index (χ4v) is 2.47. The summed E-state index contributed by atoms with van der Waals surface area (Å²) in [5.41, 5.74) is 0.851. The number of carbonyl (C=O) groups excluding carboxylic acids is 2. The van der Waals surface area contributed by atoms with Gasteiger partial charge in [0.15, 0.2) is 4.98 Å². The Morgan fingerprint density at radius 1 is 1.43 bits per heavy atom. The molecule has 1 heterocycles. The second-order valence-corrected chi connectivity index (χ2v) is 4.92. The van der Waals surface area contributed by atoms with Crippen molar-refractivity contribution in [3.63, 3.8) is 0 Å². The fourth-order valence-electron chi connectivity index (χ4n) is 2.47. The molecule has 1 amide bonds. The van der Waals surface area contributed by atoms with Crippen LogP contribution in [-0.4, -0.2) is 36.7 Å². The number of hydrogen-bond acceptors (Lipinski definition) is 6. The molecule has 0 saturated carbocycles. The van der Waals surface area contributed by atoms with Crippen LogP contribution in [0.5, 0.6) is 0 Å². The number of fused-ring (bicyclic) bond motifs is 1. The van der Waals surface area contributed by atoms with E-state index < -0.39 is 29.6 Å². The van der Waals surface area contributed by atoms with Crippen molar-refractivity contribution in [2.24, 2.45) is 0 Å². The third-order valence-electron chi connectivity index (χ3n) is 3.47. The van der Waals surface area contributed by atoms with Gasteiger partial charge in [-0.3, -0.25) is 14.5 Å². The molecule has 1 atom stereocenters. The number of benzene rings is 1. The molecular weight excluding hydrogens is 302 g/mol. The molecule has 0 fully saturated rings. The lowest BCUT2D eigenvalue weighted by molar-refractivity contribution is -0.141. The van der Waals surface area contributed by atoms with Crippen molar-refractivity contribution in [2.45, 2.75) is 19.4 Å². The molecule has 0 aliphatic carbocycles. The maximum Gasteiger partial charge on any atom is 0.527 e. The van der Waals surface area contributed by atoms with Gasteiger partial charge < -0.3 is 14.6 Å². The number of amides is 1. The van der Waals surface area contributed by atoms with E-state index >= 15 is 0 Å². The summed E-state index contributed by atoms with van der Waals surface area (Å²) in [7, 11) is 1.14. The topological polar surface area (TPSA) is 104 Å². The highest BCUT2D eigenvalue weighted by molar-refractivity contribution is 6.08. The highest BCUT2D eigenvalue weighted by atomic mass is 16.6. The van der Waals surface area contributed by atoms with Crippen LogP contribution in [-0.2, 0) is 25.5 Å². The number of anilines is 1. The van der Waals surface area contributed by atoms with Gasteiger partial charge in [0.05, 0.1) is 13.2 Å². The molecule has 120 valence electrons. The predicted octanol–water partition coefficient (Wildman–Crippen LogP) is 1.73. The molecule has 8 heteroatoms. The maximum atomic E-state index is 12.6. The molecule has 0 aromatic heterocycles. The van der Waals surface area contributed by atoms with Gasteiger partial charge in [0, 0.05) is 12.6 Å². The van der Waals surface area contributed by atoms with Crippen molar-refractivity contribution < 1.29 is 24.2 Å². The Morgan fingerprint density at radius 3 is 2.74 bits per heavy atom. The average molecular weight is 318 g/mol. The third kappa shape index (κ3) is 3.23. The Morgan fingerprint density at radius 2 is 2.13 bits per heavy atom. The number of esters is 1. The van der Waals surface area contributed by atoms with Gasteiger partial charge in [0.1, 0.15) is 6.61 Å². The number of rotatable bonds is 4. The van der Waals surface area contributed by atoms with Crippen LogP contribution in [0, 0.1) is 5.39 Å². The summed E-state index contributed by atoms with van der Waals surface area (Å²) in [6.45, 7) is 1.27. The van der Waals surface area contributed by atoms with Crippen LogP contribution < -0.4 is 4.90 Å². The number of methoxy groups -OCH3 is 1. The molecule has 2 rings (SSSR count). The van der Waals surface area contributed by atoms with Gasteiger partial charge in [0.25, 0.3) is 0 Å². The van der Waals surface area contributed by atoms with Gasteiger partial charge >= 0.3 is 23.5 Å². The summed E-state index contributed by atoms with van der Waals surface area (Å²) in [5.74, 6) is -2.02. The number of aliphatic hydroxyl groups is 1. The van der Waals surface area contributed by atoms with Gasteiger partial charge in [-0.1, -0.05) is 18.2 Å². The Labute approximate surface area is 132 Å². The van der Waals surface area contributed by atoms with Crippen LogP contribution in [0.2, 0.25) is 0 Å². The SMILES string of the molecule is CO/C(O)=C(\[N+]#N)C(=O)N1c2ccccc2CC1COC(C)=O. The van der Waals surface area contributed by atoms with E-state index in [0.717, 1.165) is 12.7 Å². The molecule has 1 N–H and O–H groups in total. The smallest absolute Gasteiger partial charge is 0.475 e. The lowest BCUT2D eigenvalue weighted by atomic mass is 10.1. The molecular formula is C15H16N3O5+. The van der Waals surface area contributed by atoms with Crippen molar-refractivity contribution in [2.75, 3.05) is 18.6 Å². The number of para-hydroxylation sites is 1. The van der Waals surface area contributed by atoms with E-state index in [2.05, 4.69) is 9.71 Å². The van der Waals surface area contributed by atoms with Crippen molar-refractivity contribution >= 4 is 17.6 Å². The fraction of sp³-hybridized carbons (Fsp3) is 0.333. The zero-order valence-electron chi connectivity index (χ0n) is 12.7. The van der Waals surface area contributed by atoms with Crippen LogP contribution in [0.3, 0.4) is 0 Å². The first-order chi connectivity index (χ1) is 11.0. The molecule has 8 nitrogen and oxygen atoms in total. The minimum absolute atomic E-state index is 0.0117. The molecule has 0 spiro atoms. The van der Waals surface area contributed by atoms with E-state index in [1.165, 1.54) is 11.8 Å². The molecule has 0 radical (unpaired) electrons. The van der Waals surface area contributed by atoms with Crippen molar-refractivity contribution in [1.29, 1.82) is 5.39 Å². The zero-order chi connectivity index (χ0) is 17.0. The minimum Gasteiger partial charge on any atom is -0.475 e. The van der Waals surface area contributed by atoms with Crippen molar-refractivity contribution in [3.8, 4) is 0 Å². The number of ether oxygens (including phenoxy) is 2. The first-order valence-corrected chi connectivity index (χ1v) is 6.86. The maximum absolute atomic E-state index is 12.6. The number of hydrogen-bond donors (Lipinski definition) is 1. The minimum atomic E-state index is -0.798. The summed E-state index contributed by atoms with van der Waals surface area (Å²) < 4.78 is 9.56. The lowest BCUT2D eigenvalue weighted by Gasteiger charge is -2.22. The molecule has 1 aliphatic rings. The van der Waals surface area contributed by atoms with Crippen LogP contribution in [0.25, 0.3) is 4.98 Å². The third-order valence-corrected chi connectivity index (χ3v) is 3.47. The Kier molecular flexibility index (Phi) is 4.81. The van der Waals surface area contributed by atoms with Gasteiger partial charge in [-0.25, -0.2) is 0 Å². The number of aliphatic hydroxyl groups excluding tert-OH is 1. The van der Waals surface area contributed by atoms with Crippen LogP contribution in [0.4, 0.5) is 5.69 Å². The second-order valence-electron chi connectivity index (χ2n) is 4.92. The monoisotopic (exact) mass is 318 g/mol. The quantitative estimate of drug-likeness (QED) is 0.392. The zero-order valence-corrected chi connectivity index (χ0v) is 12.7. The lowest BCUT2D eigenvalue weighted by Crippen LogP contribution is -2.41. The predicted molar refractivity (Wildman–Crippen MR) is 79.8 cm³/mol. The average Bonchev–Trinajstić information content (AvgIpc) is 2.91. The van der Waals surface area contributed by atoms with E-state index in [9.17, 15) is 14.7 Å². The molecule has 1 unspecified atom stereocenters. The van der Waals surface area contributed by atoms with E-state index in [0.29, 0.717) is 12.1 Å². The highest BCUT2D eigenvalue weighted by Crippen LogP contribution is 2.33. The molecule has 0 bridgehead atoms. The van der Waals surface area contributed by atoms with Gasteiger partial charge in [-0.2, -0.15) is 0 Å². The molecule has 1 aromatic carbocycles. The standard InChI is InChI=1S/C15H15N3O5/c1-9(19)23-8-11-7-10-5-3-4-6-12(10)18(11)14(20)13(17-16)15(21)22-2/h3-6,11H,7-8H2,1-2H3/p+1. The molecule has 1 aliphatic heterocycles. The summed E-state index contributed by atoms with van der Waals surface area (Å²) in [4.78, 5) is 27.8. The Bertz CT molecular complexity index is 707. The highest BCUT2D eigenvalue weighted by Gasteiger charge is 2.43. The molecule has 23 heavy (non-hydrogen) atoms. The van der Waals surface area contributed by atoms with E-state index in [1.807, 2.05) is 12.1 Å². The number of diazo groups is 1. The van der Waals surface area contributed by atoms with E-state index in [-0.39, 0.29) is 6.61 Å². The molecule has 0 saturated heterocycles. The van der Waals surface area contributed by atoms with Crippen LogP contribution >= 0.6 is 0 Å². The Balaban J connectivity index is 2.39. The summed E-state index contributed by atoms with van der Waals surface area (Å²) in [5, 5.41) is 18.6. The van der Waals surface area contributed by atoms with Gasteiger partial charge in [-0.15, -0.1) is 0 Å². The number of nitrogens with zero attached hydrogens (tertiary/aromatic N) is 3. The van der Waals surface area contributed by atoms with Crippen LogP contribution in [0.1, 0.15) is 12.5 Å². The number of carbonyl (C=O) groups is 2. The first-order valence-electron chi connectivity index (χ1n) is 6.86. The van der Waals surface area contributed by atoms with Crippen molar-refractivity contribution in [3.05, 3.63) is 46.4 Å². The van der Waals surface area contributed by atoms with E-state index in [1.54, 1.807) is 12.1 Å². The van der Waals surface area contributed by atoms with Crippen LogP contribution in [0.15, 0.2) is 35.9 Å². The van der Waals surface area contributed by atoms with Gasteiger partial charge in [0.2, 0.25) is 5.39 Å².